The third-order valence-electron chi connectivity index (χ3n) is 4.42. The molecule has 0 saturated carbocycles. The van der Waals surface area contributed by atoms with Crippen LogP contribution in [0.15, 0.2) is 28.7 Å². The van der Waals surface area contributed by atoms with Gasteiger partial charge < -0.3 is 10.1 Å². The first-order valence-corrected chi connectivity index (χ1v) is 11.3. The van der Waals surface area contributed by atoms with Crippen LogP contribution in [0, 0.1) is 5.92 Å². The molecule has 2 amide bonds. The van der Waals surface area contributed by atoms with Gasteiger partial charge in [0.15, 0.2) is 0 Å². The second kappa shape index (κ2) is 11.8. The van der Waals surface area contributed by atoms with E-state index in [-0.39, 0.29) is 37.2 Å². The summed E-state index contributed by atoms with van der Waals surface area (Å²) in [6.45, 7) is 5.79. The maximum atomic E-state index is 12.8. The molecular formula is C20H25BrN4O4S. The molecule has 1 aromatic heterocycles. The van der Waals surface area contributed by atoms with Crippen molar-refractivity contribution in [2.45, 2.75) is 46.1 Å². The van der Waals surface area contributed by atoms with Crippen molar-refractivity contribution in [2.75, 3.05) is 11.9 Å². The van der Waals surface area contributed by atoms with Gasteiger partial charge in [-0.1, -0.05) is 59.7 Å². The second-order valence-corrected chi connectivity index (χ2v) is 8.54. The lowest BCUT2D eigenvalue weighted by molar-refractivity contribution is -0.144. The largest absolute Gasteiger partial charge is 0.466 e. The Morgan fingerprint density at radius 2 is 1.83 bits per heavy atom. The highest BCUT2D eigenvalue weighted by Crippen LogP contribution is 2.27. The lowest BCUT2D eigenvalue weighted by atomic mass is 9.98. The van der Waals surface area contributed by atoms with E-state index in [4.69, 9.17) is 4.74 Å². The third-order valence-corrected chi connectivity index (χ3v) is 5.84. The Labute approximate surface area is 187 Å². The fourth-order valence-electron chi connectivity index (χ4n) is 2.56. The van der Waals surface area contributed by atoms with E-state index in [1.807, 2.05) is 38.1 Å². The standard InChI is InChI=1S/C20H25BrN4O4S/c1-4-12(3)17(22-15(26)10-11-16(27)29-5-2)18(28)23-20-25-24-19(30-20)13-6-8-14(21)9-7-13/h6-9,12,17H,4-5,10-11H2,1-3H3,(H,22,26)(H,23,25,28)/t12-,17-/m1/s1. The van der Waals surface area contributed by atoms with Crippen molar-refractivity contribution in [1.82, 2.24) is 15.5 Å². The molecule has 0 aliphatic carbocycles. The highest BCUT2D eigenvalue weighted by Gasteiger charge is 2.27. The second-order valence-electron chi connectivity index (χ2n) is 6.64. The van der Waals surface area contributed by atoms with Crippen LogP contribution >= 0.6 is 27.3 Å². The molecule has 2 rings (SSSR count). The summed E-state index contributed by atoms with van der Waals surface area (Å²) in [7, 11) is 0. The molecule has 8 nitrogen and oxygen atoms in total. The van der Waals surface area contributed by atoms with Crippen molar-refractivity contribution in [3.05, 3.63) is 28.7 Å². The Morgan fingerprint density at radius 3 is 2.47 bits per heavy atom. The smallest absolute Gasteiger partial charge is 0.306 e. The van der Waals surface area contributed by atoms with Gasteiger partial charge >= 0.3 is 5.97 Å². The number of hydrogen-bond acceptors (Lipinski definition) is 7. The number of rotatable bonds is 10. The van der Waals surface area contributed by atoms with E-state index in [1.165, 1.54) is 11.3 Å². The fraction of sp³-hybridized carbons (Fsp3) is 0.450. The minimum absolute atomic E-state index is 0.0263. The van der Waals surface area contributed by atoms with Gasteiger partial charge in [0.05, 0.1) is 13.0 Å². The van der Waals surface area contributed by atoms with E-state index < -0.39 is 12.0 Å². The third kappa shape index (κ3) is 7.17. The van der Waals surface area contributed by atoms with E-state index in [2.05, 4.69) is 36.8 Å². The van der Waals surface area contributed by atoms with Crippen molar-refractivity contribution in [3.8, 4) is 10.6 Å². The Bertz CT molecular complexity index is 872. The average molecular weight is 497 g/mol. The lowest BCUT2D eigenvalue weighted by Gasteiger charge is -2.22. The van der Waals surface area contributed by atoms with Crippen LogP contribution < -0.4 is 10.6 Å². The molecular weight excluding hydrogens is 472 g/mol. The summed E-state index contributed by atoms with van der Waals surface area (Å²) in [6.07, 6.45) is 0.629. The molecule has 1 aromatic carbocycles. The molecule has 162 valence electrons. The summed E-state index contributed by atoms with van der Waals surface area (Å²) in [5.74, 6) is -1.29. The molecule has 0 spiro atoms. The summed E-state index contributed by atoms with van der Waals surface area (Å²) in [5, 5.41) is 14.6. The SMILES string of the molecule is CCOC(=O)CCC(=O)N[C@@H](C(=O)Nc1nnc(-c2ccc(Br)cc2)s1)[C@H](C)CC. The molecule has 0 saturated heterocycles. The van der Waals surface area contributed by atoms with Gasteiger partial charge in [-0.3, -0.25) is 19.7 Å². The number of amides is 2. The molecule has 30 heavy (non-hydrogen) atoms. The van der Waals surface area contributed by atoms with E-state index >= 15 is 0 Å². The lowest BCUT2D eigenvalue weighted by Crippen LogP contribution is -2.47. The summed E-state index contributed by atoms with van der Waals surface area (Å²) in [6, 6.07) is 6.87. The highest BCUT2D eigenvalue weighted by atomic mass is 79.9. The average Bonchev–Trinajstić information content (AvgIpc) is 3.19. The monoisotopic (exact) mass is 496 g/mol. The van der Waals surface area contributed by atoms with Crippen LogP contribution in [0.5, 0.6) is 0 Å². The normalized spacial score (nSPS) is 12.7. The molecule has 2 N–H and O–H groups in total. The van der Waals surface area contributed by atoms with E-state index in [0.717, 1.165) is 10.0 Å². The van der Waals surface area contributed by atoms with Crippen LogP contribution in [0.1, 0.15) is 40.0 Å². The Balaban J connectivity index is 2.00. The van der Waals surface area contributed by atoms with Crippen LogP contribution in [0.4, 0.5) is 5.13 Å². The maximum absolute atomic E-state index is 12.8. The molecule has 0 aliphatic rings. The molecule has 1 heterocycles. The minimum Gasteiger partial charge on any atom is -0.466 e. The predicted molar refractivity (Wildman–Crippen MR) is 119 cm³/mol. The number of anilines is 1. The minimum atomic E-state index is -0.746. The van der Waals surface area contributed by atoms with Crippen molar-refractivity contribution >= 4 is 50.2 Å². The van der Waals surface area contributed by atoms with Crippen LogP contribution in [0.2, 0.25) is 0 Å². The van der Waals surface area contributed by atoms with E-state index in [0.29, 0.717) is 16.6 Å². The summed E-state index contributed by atoms with van der Waals surface area (Å²) in [4.78, 5) is 36.5. The molecule has 10 heteroatoms. The number of carbonyl (C=O) groups is 3. The number of benzene rings is 1. The van der Waals surface area contributed by atoms with Crippen molar-refractivity contribution < 1.29 is 19.1 Å². The number of aromatic nitrogens is 2. The summed E-state index contributed by atoms with van der Waals surface area (Å²) >= 11 is 4.64. The molecule has 0 unspecified atom stereocenters. The number of esters is 1. The van der Waals surface area contributed by atoms with E-state index in [9.17, 15) is 14.4 Å². The van der Waals surface area contributed by atoms with Gasteiger partial charge in [0.2, 0.25) is 16.9 Å². The summed E-state index contributed by atoms with van der Waals surface area (Å²) < 4.78 is 5.78. The topological polar surface area (TPSA) is 110 Å². The van der Waals surface area contributed by atoms with E-state index in [1.54, 1.807) is 6.92 Å². The first-order valence-electron chi connectivity index (χ1n) is 9.69. The molecule has 2 atom stereocenters. The van der Waals surface area contributed by atoms with Gasteiger partial charge in [-0.15, -0.1) is 10.2 Å². The zero-order chi connectivity index (χ0) is 22.1. The van der Waals surface area contributed by atoms with Crippen molar-refractivity contribution in [3.63, 3.8) is 0 Å². The predicted octanol–water partition coefficient (Wildman–Crippen LogP) is 3.78. The first-order chi connectivity index (χ1) is 14.3. The van der Waals surface area contributed by atoms with Gasteiger partial charge in [0, 0.05) is 16.5 Å². The molecule has 2 aromatic rings. The zero-order valence-corrected chi connectivity index (χ0v) is 19.5. The maximum Gasteiger partial charge on any atom is 0.306 e. The van der Waals surface area contributed by atoms with Crippen LogP contribution in [-0.2, 0) is 19.1 Å². The number of ether oxygens (including phenoxy) is 1. The van der Waals surface area contributed by atoms with Gasteiger partial charge in [-0.2, -0.15) is 0 Å². The Hall–Kier alpha value is -2.33. The van der Waals surface area contributed by atoms with Crippen LogP contribution in [0.25, 0.3) is 10.6 Å². The number of halogens is 1. The van der Waals surface area contributed by atoms with Gasteiger partial charge in [0.25, 0.3) is 0 Å². The summed E-state index contributed by atoms with van der Waals surface area (Å²) in [5.41, 5.74) is 0.891. The highest BCUT2D eigenvalue weighted by molar-refractivity contribution is 9.10. The Morgan fingerprint density at radius 1 is 1.13 bits per heavy atom. The quantitative estimate of drug-likeness (QED) is 0.484. The number of nitrogens with zero attached hydrogens (tertiary/aromatic N) is 2. The fourth-order valence-corrected chi connectivity index (χ4v) is 3.58. The Kier molecular flexibility index (Phi) is 9.38. The van der Waals surface area contributed by atoms with Crippen LogP contribution in [-0.4, -0.2) is 40.6 Å². The molecule has 0 radical (unpaired) electrons. The number of carbonyl (C=O) groups excluding carboxylic acids is 3. The molecule has 0 aliphatic heterocycles. The number of nitrogens with one attached hydrogen (secondary N) is 2. The van der Waals surface area contributed by atoms with Gasteiger partial charge in [-0.25, -0.2) is 0 Å². The van der Waals surface area contributed by atoms with Crippen LogP contribution in [0.3, 0.4) is 0 Å². The zero-order valence-electron chi connectivity index (χ0n) is 17.1. The van der Waals surface area contributed by atoms with Crippen molar-refractivity contribution in [2.24, 2.45) is 5.92 Å². The van der Waals surface area contributed by atoms with Crippen molar-refractivity contribution in [1.29, 1.82) is 0 Å². The molecule has 0 bridgehead atoms. The number of hydrogen-bond donors (Lipinski definition) is 2. The molecule has 0 fully saturated rings. The van der Waals surface area contributed by atoms with Gasteiger partial charge in [0.1, 0.15) is 11.0 Å². The van der Waals surface area contributed by atoms with Gasteiger partial charge in [-0.05, 0) is 25.0 Å². The first kappa shape index (κ1) is 23.9.